The Bertz CT molecular complexity index is 578. The van der Waals surface area contributed by atoms with Crippen LogP contribution in [0.25, 0.3) is 10.2 Å². The molecule has 2 heterocycles. The van der Waals surface area contributed by atoms with Gasteiger partial charge in [0.1, 0.15) is 11.0 Å². The van der Waals surface area contributed by atoms with Crippen molar-refractivity contribution in [2.24, 2.45) is 0 Å². The first-order valence-electron chi connectivity index (χ1n) is 6.94. The number of aromatic nitrogens is 1. The van der Waals surface area contributed by atoms with Gasteiger partial charge in [-0.25, -0.2) is 4.98 Å². The average molecular weight is 290 g/mol. The van der Waals surface area contributed by atoms with Gasteiger partial charge in [0.05, 0.1) is 23.9 Å². The number of ether oxygens (including phenoxy) is 1. The van der Waals surface area contributed by atoms with Gasteiger partial charge in [-0.05, 0) is 31.5 Å². The molecule has 0 N–H and O–H groups in total. The summed E-state index contributed by atoms with van der Waals surface area (Å²) in [7, 11) is 1.47. The van der Waals surface area contributed by atoms with Crippen molar-refractivity contribution in [2.75, 3.05) is 13.7 Å². The number of carbonyl (C=O) groups excluding carboxylic acids is 1. The van der Waals surface area contributed by atoms with Crippen LogP contribution in [-0.2, 0) is 16.1 Å². The minimum atomic E-state index is -0.120. The molecule has 4 nitrogen and oxygen atoms in total. The molecular formula is C15H18N2O2S. The number of rotatable bonds is 3. The highest BCUT2D eigenvalue weighted by Gasteiger charge is 2.29. The molecule has 1 aliphatic rings. The molecule has 3 rings (SSSR count). The number of hydrogen-bond acceptors (Lipinski definition) is 5. The summed E-state index contributed by atoms with van der Waals surface area (Å²) in [6.45, 7) is 1.68. The normalized spacial score (nSPS) is 20.1. The van der Waals surface area contributed by atoms with Crippen LogP contribution >= 0.6 is 11.3 Å². The van der Waals surface area contributed by atoms with Gasteiger partial charge >= 0.3 is 5.97 Å². The predicted octanol–water partition coefficient (Wildman–Crippen LogP) is 2.82. The fourth-order valence-electron chi connectivity index (χ4n) is 2.74. The van der Waals surface area contributed by atoms with E-state index in [1.54, 1.807) is 11.3 Å². The van der Waals surface area contributed by atoms with Crippen molar-refractivity contribution < 1.29 is 9.53 Å². The molecule has 0 spiro atoms. The van der Waals surface area contributed by atoms with Crippen LogP contribution in [0, 0.1) is 0 Å². The summed E-state index contributed by atoms with van der Waals surface area (Å²) in [6.07, 6.45) is 3.12. The Kier molecular flexibility index (Phi) is 3.98. The molecule has 0 bridgehead atoms. The van der Waals surface area contributed by atoms with Crippen LogP contribution in [0.3, 0.4) is 0 Å². The molecule has 20 heavy (non-hydrogen) atoms. The fraction of sp³-hybridized carbons (Fsp3) is 0.467. The smallest absolute Gasteiger partial charge is 0.323 e. The molecule has 0 amide bonds. The van der Waals surface area contributed by atoms with Gasteiger partial charge in [0, 0.05) is 0 Å². The van der Waals surface area contributed by atoms with Crippen LogP contribution in [0.2, 0.25) is 0 Å². The summed E-state index contributed by atoms with van der Waals surface area (Å²) in [5.41, 5.74) is 1.04. The Labute approximate surface area is 122 Å². The summed E-state index contributed by atoms with van der Waals surface area (Å²) in [5.74, 6) is -0.120. The highest BCUT2D eigenvalue weighted by molar-refractivity contribution is 7.18. The highest BCUT2D eigenvalue weighted by Crippen LogP contribution is 2.26. The van der Waals surface area contributed by atoms with E-state index in [0.29, 0.717) is 0 Å². The second-order valence-electron chi connectivity index (χ2n) is 5.08. The number of fused-ring (bicyclic) bond motifs is 1. The molecule has 1 fully saturated rings. The van der Waals surface area contributed by atoms with E-state index < -0.39 is 0 Å². The zero-order valence-corrected chi connectivity index (χ0v) is 12.4. The van der Waals surface area contributed by atoms with Crippen molar-refractivity contribution in [3.63, 3.8) is 0 Å². The molecule has 2 aromatic rings. The van der Waals surface area contributed by atoms with Crippen LogP contribution in [0.15, 0.2) is 24.3 Å². The number of para-hydroxylation sites is 1. The number of benzene rings is 1. The quantitative estimate of drug-likeness (QED) is 0.815. The largest absolute Gasteiger partial charge is 0.468 e. The fourth-order valence-corrected chi connectivity index (χ4v) is 3.74. The minimum absolute atomic E-state index is 0.110. The van der Waals surface area contributed by atoms with E-state index in [1.807, 2.05) is 18.2 Å². The third kappa shape index (κ3) is 2.69. The molecule has 0 aliphatic carbocycles. The Balaban J connectivity index is 1.79. The van der Waals surface area contributed by atoms with E-state index in [4.69, 9.17) is 4.74 Å². The lowest BCUT2D eigenvalue weighted by Gasteiger charge is -2.32. The number of hydrogen-bond donors (Lipinski definition) is 0. The lowest BCUT2D eigenvalue weighted by atomic mass is 10.0. The van der Waals surface area contributed by atoms with E-state index in [9.17, 15) is 4.79 Å². The van der Waals surface area contributed by atoms with Crippen molar-refractivity contribution in [2.45, 2.75) is 31.8 Å². The summed E-state index contributed by atoms with van der Waals surface area (Å²) in [5, 5.41) is 1.07. The van der Waals surface area contributed by atoms with Gasteiger partial charge in [-0.2, -0.15) is 0 Å². The van der Waals surface area contributed by atoms with Crippen LogP contribution in [-0.4, -0.2) is 35.5 Å². The lowest BCUT2D eigenvalue weighted by molar-refractivity contribution is -0.148. The van der Waals surface area contributed by atoms with Gasteiger partial charge in [-0.3, -0.25) is 9.69 Å². The van der Waals surface area contributed by atoms with Crippen molar-refractivity contribution in [1.29, 1.82) is 0 Å². The third-order valence-electron chi connectivity index (χ3n) is 3.76. The van der Waals surface area contributed by atoms with E-state index in [2.05, 4.69) is 16.0 Å². The number of thiazole rings is 1. The second kappa shape index (κ2) is 5.89. The third-order valence-corrected chi connectivity index (χ3v) is 4.78. The molecule has 0 unspecified atom stereocenters. The van der Waals surface area contributed by atoms with E-state index in [0.717, 1.165) is 42.9 Å². The number of likely N-dealkylation sites (tertiary alicyclic amines) is 1. The topological polar surface area (TPSA) is 42.4 Å². The van der Waals surface area contributed by atoms with E-state index in [1.165, 1.54) is 11.8 Å². The molecular weight excluding hydrogens is 272 g/mol. The van der Waals surface area contributed by atoms with E-state index >= 15 is 0 Å². The Morgan fingerprint density at radius 1 is 1.45 bits per heavy atom. The molecule has 5 heteroatoms. The molecule has 0 saturated carbocycles. The zero-order valence-electron chi connectivity index (χ0n) is 11.5. The number of nitrogens with zero attached hydrogens (tertiary/aromatic N) is 2. The SMILES string of the molecule is COC(=O)[C@H]1CCCCN1Cc1nc2ccccc2s1. The van der Waals surface area contributed by atoms with Crippen LogP contribution in [0.4, 0.5) is 0 Å². The molecule has 1 aromatic carbocycles. The Morgan fingerprint density at radius 2 is 2.30 bits per heavy atom. The maximum Gasteiger partial charge on any atom is 0.323 e. The average Bonchev–Trinajstić information content (AvgIpc) is 2.89. The monoisotopic (exact) mass is 290 g/mol. The zero-order chi connectivity index (χ0) is 13.9. The maximum absolute atomic E-state index is 11.9. The van der Waals surface area contributed by atoms with Gasteiger partial charge in [-0.1, -0.05) is 18.6 Å². The highest BCUT2D eigenvalue weighted by atomic mass is 32.1. The molecule has 106 valence electrons. The number of esters is 1. The first-order valence-corrected chi connectivity index (χ1v) is 7.76. The molecule has 1 aliphatic heterocycles. The Morgan fingerprint density at radius 3 is 3.10 bits per heavy atom. The summed E-state index contributed by atoms with van der Waals surface area (Å²) < 4.78 is 6.12. The number of carbonyl (C=O) groups is 1. The van der Waals surface area contributed by atoms with Gasteiger partial charge in [-0.15, -0.1) is 11.3 Å². The minimum Gasteiger partial charge on any atom is -0.468 e. The molecule has 1 atom stereocenters. The first kappa shape index (κ1) is 13.5. The summed E-state index contributed by atoms with van der Waals surface area (Å²) >= 11 is 1.71. The van der Waals surface area contributed by atoms with Gasteiger partial charge < -0.3 is 4.74 Å². The standard InChI is InChI=1S/C15H18N2O2S/c1-19-15(18)12-7-4-5-9-17(12)10-14-16-11-6-2-3-8-13(11)20-14/h2-3,6,8,12H,4-5,7,9-10H2,1H3/t12-/m1/s1. The number of methoxy groups -OCH3 is 1. The molecule has 1 saturated heterocycles. The first-order chi connectivity index (χ1) is 9.78. The summed E-state index contributed by atoms with van der Waals surface area (Å²) in [4.78, 5) is 18.7. The van der Waals surface area contributed by atoms with Crippen molar-refractivity contribution in [3.05, 3.63) is 29.3 Å². The summed E-state index contributed by atoms with van der Waals surface area (Å²) in [6, 6.07) is 8.04. The molecule has 0 radical (unpaired) electrons. The van der Waals surface area contributed by atoms with Gasteiger partial charge in [0.25, 0.3) is 0 Å². The van der Waals surface area contributed by atoms with E-state index in [-0.39, 0.29) is 12.0 Å². The molecule has 1 aromatic heterocycles. The van der Waals surface area contributed by atoms with Gasteiger partial charge in [0.2, 0.25) is 0 Å². The Hall–Kier alpha value is -1.46. The van der Waals surface area contributed by atoms with Crippen molar-refractivity contribution in [1.82, 2.24) is 9.88 Å². The maximum atomic E-state index is 11.9. The lowest BCUT2D eigenvalue weighted by Crippen LogP contribution is -2.44. The van der Waals surface area contributed by atoms with Gasteiger partial charge in [0.15, 0.2) is 0 Å². The van der Waals surface area contributed by atoms with Crippen molar-refractivity contribution in [3.8, 4) is 0 Å². The predicted molar refractivity (Wildman–Crippen MR) is 79.7 cm³/mol. The second-order valence-corrected chi connectivity index (χ2v) is 6.20. The van der Waals surface area contributed by atoms with Crippen LogP contribution < -0.4 is 0 Å². The number of piperidine rings is 1. The van der Waals surface area contributed by atoms with Crippen LogP contribution in [0.5, 0.6) is 0 Å². The van der Waals surface area contributed by atoms with Crippen LogP contribution in [0.1, 0.15) is 24.3 Å². The van der Waals surface area contributed by atoms with Crippen molar-refractivity contribution >= 4 is 27.5 Å².